The average Bonchev–Trinajstić information content (AvgIpc) is 2.46. The van der Waals surface area contributed by atoms with Gasteiger partial charge in [-0.25, -0.2) is 4.79 Å². The minimum absolute atomic E-state index is 0.216. The maximum absolute atomic E-state index is 11.6. The molecule has 0 spiro atoms. The Morgan fingerprint density at radius 3 is 3.20 bits per heavy atom. The van der Waals surface area contributed by atoms with Gasteiger partial charge in [-0.2, -0.15) is 4.98 Å². The lowest BCUT2D eigenvalue weighted by molar-refractivity contribution is 0.442. The van der Waals surface area contributed by atoms with Crippen molar-refractivity contribution in [1.82, 2.24) is 14.9 Å². The van der Waals surface area contributed by atoms with Crippen LogP contribution in [0.3, 0.4) is 0 Å². The maximum Gasteiger partial charge on any atom is 0.349 e. The van der Waals surface area contributed by atoms with Gasteiger partial charge in [-0.05, 0) is 25.5 Å². The van der Waals surface area contributed by atoms with Crippen LogP contribution < -0.4 is 16.7 Å². The molecule has 1 fully saturated rings. The molecule has 1 atom stereocenters. The summed E-state index contributed by atoms with van der Waals surface area (Å²) >= 11 is 0. The fraction of sp³-hybridized carbons (Fsp3) is 0.600. The largest absolute Gasteiger partial charge is 0.383 e. The molecule has 0 saturated carbocycles. The number of nitrogens with two attached hydrogens (primary N) is 1. The van der Waals surface area contributed by atoms with Gasteiger partial charge in [-0.15, -0.1) is 0 Å². The van der Waals surface area contributed by atoms with Crippen molar-refractivity contribution in [2.75, 3.05) is 18.8 Å². The molecular formula is C10H16N4O. The van der Waals surface area contributed by atoms with Crippen LogP contribution in [0.1, 0.15) is 25.3 Å². The summed E-state index contributed by atoms with van der Waals surface area (Å²) in [5, 5.41) is 3.32. The number of hydrogen-bond donors (Lipinski definition) is 2. The van der Waals surface area contributed by atoms with E-state index >= 15 is 0 Å². The molecule has 1 saturated heterocycles. The van der Waals surface area contributed by atoms with E-state index in [1.165, 1.54) is 6.42 Å². The first kappa shape index (κ1) is 10.2. The van der Waals surface area contributed by atoms with E-state index in [1.807, 2.05) is 0 Å². The van der Waals surface area contributed by atoms with Crippen LogP contribution in [0.4, 0.5) is 5.82 Å². The second-order valence-electron chi connectivity index (χ2n) is 3.90. The van der Waals surface area contributed by atoms with Gasteiger partial charge in [0, 0.05) is 12.7 Å². The summed E-state index contributed by atoms with van der Waals surface area (Å²) in [6, 6.07) is 1.89. The summed E-state index contributed by atoms with van der Waals surface area (Å²) in [5.41, 5.74) is 5.20. The van der Waals surface area contributed by atoms with Gasteiger partial charge in [0.1, 0.15) is 5.82 Å². The van der Waals surface area contributed by atoms with Gasteiger partial charge in [-0.3, -0.25) is 4.57 Å². The number of aromatic nitrogens is 2. The summed E-state index contributed by atoms with van der Waals surface area (Å²) in [6.07, 6.45) is 5.09. The number of anilines is 1. The van der Waals surface area contributed by atoms with E-state index in [0.717, 1.165) is 25.9 Å². The first-order valence-corrected chi connectivity index (χ1v) is 5.33. The van der Waals surface area contributed by atoms with Crippen molar-refractivity contribution >= 4 is 5.82 Å². The van der Waals surface area contributed by atoms with Gasteiger partial charge in [0.15, 0.2) is 0 Å². The average molecular weight is 208 g/mol. The molecule has 1 aliphatic heterocycles. The van der Waals surface area contributed by atoms with E-state index in [1.54, 1.807) is 16.8 Å². The van der Waals surface area contributed by atoms with Crippen LogP contribution in [0.2, 0.25) is 0 Å². The van der Waals surface area contributed by atoms with Gasteiger partial charge in [0.05, 0.1) is 6.04 Å². The molecule has 0 bridgehead atoms. The lowest BCUT2D eigenvalue weighted by atomic mass is 10.1. The quantitative estimate of drug-likeness (QED) is 0.688. The molecule has 0 aliphatic carbocycles. The highest BCUT2D eigenvalue weighted by Crippen LogP contribution is 2.14. The number of rotatable bonds is 1. The molecule has 1 aromatic rings. The van der Waals surface area contributed by atoms with Crippen molar-refractivity contribution in [2.24, 2.45) is 0 Å². The fourth-order valence-corrected chi connectivity index (χ4v) is 1.94. The van der Waals surface area contributed by atoms with Crippen molar-refractivity contribution in [3.63, 3.8) is 0 Å². The smallest absolute Gasteiger partial charge is 0.349 e. The Morgan fingerprint density at radius 2 is 2.40 bits per heavy atom. The van der Waals surface area contributed by atoms with Crippen LogP contribution in [0.25, 0.3) is 0 Å². The first-order valence-electron chi connectivity index (χ1n) is 5.33. The van der Waals surface area contributed by atoms with Gasteiger partial charge >= 0.3 is 5.69 Å². The normalized spacial score (nSPS) is 22.3. The van der Waals surface area contributed by atoms with E-state index in [0.29, 0.717) is 0 Å². The first-order chi connectivity index (χ1) is 7.27. The van der Waals surface area contributed by atoms with E-state index in [4.69, 9.17) is 5.73 Å². The third-order valence-corrected chi connectivity index (χ3v) is 2.77. The number of nitrogens with one attached hydrogen (secondary N) is 1. The lowest BCUT2D eigenvalue weighted by Crippen LogP contribution is -2.32. The minimum atomic E-state index is -0.247. The number of nitrogen functional groups attached to an aromatic ring is 1. The Morgan fingerprint density at radius 1 is 1.53 bits per heavy atom. The topological polar surface area (TPSA) is 72.9 Å². The summed E-state index contributed by atoms with van der Waals surface area (Å²) in [5.74, 6) is 0.290. The van der Waals surface area contributed by atoms with E-state index in [9.17, 15) is 4.79 Å². The fourth-order valence-electron chi connectivity index (χ4n) is 1.94. The summed E-state index contributed by atoms with van der Waals surface area (Å²) < 4.78 is 1.68. The van der Waals surface area contributed by atoms with Crippen molar-refractivity contribution in [3.05, 3.63) is 22.7 Å². The SMILES string of the molecule is Nc1ccn(C2CCCCNC2)c(=O)n1. The minimum Gasteiger partial charge on any atom is -0.383 e. The Labute approximate surface area is 88.3 Å². The van der Waals surface area contributed by atoms with Gasteiger partial charge in [0.25, 0.3) is 0 Å². The number of hydrogen-bond acceptors (Lipinski definition) is 4. The van der Waals surface area contributed by atoms with Crippen molar-refractivity contribution in [2.45, 2.75) is 25.3 Å². The molecule has 82 valence electrons. The second kappa shape index (κ2) is 4.44. The van der Waals surface area contributed by atoms with Crippen molar-refractivity contribution in [3.8, 4) is 0 Å². The third kappa shape index (κ3) is 2.36. The van der Waals surface area contributed by atoms with Crippen LogP contribution in [0.15, 0.2) is 17.1 Å². The highest BCUT2D eigenvalue weighted by molar-refractivity contribution is 5.23. The molecular weight excluding hydrogens is 192 g/mol. The predicted octanol–water partition coefficient (Wildman–Crippen LogP) is 0.140. The molecule has 1 aliphatic rings. The second-order valence-corrected chi connectivity index (χ2v) is 3.90. The van der Waals surface area contributed by atoms with E-state index < -0.39 is 0 Å². The molecule has 0 amide bonds. The van der Waals surface area contributed by atoms with Crippen LogP contribution in [0.5, 0.6) is 0 Å². The lowest BCUT2D eigenvalue weighted by Gasteiger charge is -2.16. The zero-order valence-corrected chi connectivity index (χ0v) is 8.65. The highest BCUT2D eigenvalue weighted by atomic mass is 16.1. The zero-order chi connectivity index (χ0) is 10.7. The van der Waals surface area contributed by atoms with Crippen LogP contribution in [-0.2, 0) is 0 Å². The van der Waals surface area contributed by atoms with Gasteiger partial charge in [-0.1, -0.05) is 6.42 Å². The van der Waals surface area contributed by atoms with Crippen LogP contribution in [-0.4, -0.2) is 22.6 Å². The standard InChI is InChI=1S/C10H16N4O/c11-9-4-6-14(10(15)13-9)8-3-1-2-5-12-7-8/h4,6,8,12H,1-3,5,7H2,(H2,11,13,15). The molecule has 5 heteroatoms. The molecule has 3 N–H and O–H groups in total. The molecule has 1 unspecified atom stereocenters. The van der Waals surface area contributed by atoms with Gasteiger partial charge < -0.3 is 11.1 Å². The molecule has 5 nitrogen and oxygen atoms in total. The molecule has 0 aromatic carbocycles. The van der Waals surface area contributed by atoms with Crippen molar-refractivity contribution in [1.29, 1.82) is 0 Å². The highest BCUT2D eigenvalue weighted by Gasteiger charge is 2.14. The summed E-state index contributed by atoms with van der Waals surface area (Å²) in [4.78, 5) is 15.3. The Hall–Kier alpha value is -1.36. The van der Waals surface area contributed by atoms with Gasteiger partial charge in [0.2, 0.25) is 0 Å². The molecule has 1 aromatic heterocycles. The molecule has 0 radical (unpaired) electrons. The predicted molar refractivity (Wildman–Crippen MR) is 58.7 cm³/mol. The number of nitrogens with zero attached hydrogens (tertiary/aromatic N) is 2. The maximum atomic E-state index is 11.6. The summed E-state index contributed by atoms with van der Waals surface area (Å²) in [6.45, 7) is 1.87. The van der Waals surface area contributed by atoms with Crippen molar-refractivity contribution < 1.29 is 0 Å². The molecule has 2 heterocycles. The Kier molecular flexibility index (Phi) is 3.01. The zero-order valence-electron chi connectivity index (χ0n) is 8.65. The van der Waals surface area contributed by atoms with Crippen LogP contribution >= 0.6 is 0 Å². The summed E-state index contributed by atoms with van der Waals surface area (Å²) in [7, 11) is 0. The monoisotopic (exact) mass is 208 g/mol. The molecule has 2 rings (SSSR count). The van der Waals surface area contributed by atoms with Crippen LogP contribution in [0, 0.1) is 0 Å². The third-order valence-electron chi connectivity index (χ3n) is 2.77. The Bertz CT molecular complexity index is 379. The van der Waals surface area contributed by atoms with E-state index in [2.05, 4.69) is 10.3 Å². The van der Waals surface area contributed by atoms with E-state index in [-0.39, 0.29) is 17.5 Å². The molecule has 15 heavy (non-hydrogen) atoms. The Balaban J connectivity index is 2.23.